The molecule has 1 aliphatic rings. The number of hydrogen-bond acceptors (Lipinski definition) is 4. The van der Waals surface area contributed by atoms with Gasteiger partial charge in [0.15, 0.2) is 0 Å². The number of thioether (sulfide) groups is 1. The Kier molecular flexibility index (Phi) is 2.41. The second-order valence-electron chi connectivity index (χ2n) is 2.73. The topological polar surface area (TPSA) is 53.4 Å². The third kappa shape index (κ3) is 1.72. The summed E-state index contributed by atoms with van der Waals surface area (Å²) in [6.07, 6.45) is 3.29. The van der Waals surface area contributed by atoms with Gasteiger partial charge in [0.2, 0.25) is 0 Å². The molecule has 0 aromatic carbocycles. The van der Waals surface area contributed by atoms with Crippen LogP contribution in [0.2, 0.25) is 0 Å². The second-order valence-corrected chi connectivity index (χ2v) is 3.72. The molecule has 4 nitrogen and oxygen atoms in total. The summed E-state index contributed by atoms with van der Waals surface area (Å²) in [6, 6.07) is 5.55. The SMILES string of the molecule is O=C(O)C1=CN(c2ccccn2)CS1. The van der Waals surface area contributed by atoms with Crippen LogP contribution in [0.4, 0.5) is 5.82 Å². The predicted molar refractivity (Wildman–Crippen MR) is 54.9 cm³/mol. The molecule has 0 saturated carbocycles. The van der Waals surface area contributed by atoms with Crippen molar-refractivity contribution in [2.75, 3.05) is 10.8 Å². The lowest BCUT2D eigenvalue weighted by atomic mass is 10.4. The number of aliphatic carboxylic acids is 1. The van der Waals surface area contributed by atoms with Crippen LogP contribution >= 0.6 is 11.8 Å². The first kappa shape index (κ1) is 9.08. The fourth-order valence-electron chi connectivity index (χ4n) is 1.13. The van der Waals surface area contributed by atoms with Gasteiger partial charge < -0.3 is 10.0 Å². The molecule has 0 radical (unpaired) electrons. The van der Waals surface area contributed by atoms with Gasteiger partial charge in [-0.25, -0.2) is 9.78 Å². The number of hydrogen-bond donors (Lipinski definition) is 1. The molecule has 2 heterocycles. The molecule has 0 spiro atoms. The number of rotatable bonds is 2. The Balaban J connectivity index is 2.20. The number of aromatic nitrogens is 1. The van der Waals surface area contributed by atoms with Crippen molar-refractivity contribution in [3.8, 4) is 0 Å². The van der Waals surface area contributed by atoms with Gasteiger partial charge in [-0.1, -0.05) is 17.8 Å². The van der Waals surface area contributed by atoms with Crippen LogP contribution in [-0.2, 0) is 4.79 Å². The quantitative estimate of drug-likeness (QED) is 0.798. The van der Waals surface area contributed by atoms with Gasteiger partial charge in [-0.2, -0.15) is 0 Å². The smallest absolute Gasteiger partial charge is 0.343 e. The van der Waals surface area contributed by atoms with Crippen molar-refractivity contribution in [2.45, 2.75) is 0 Å². The molecule has 1 aromatic rings. The van der Waals surface area contributed by atoms with E-state index < -0.39 is 5.97 Å². The molecular weight excluding hydrogens is 200 g/mol. The molecule has 0 aliphatic carbocycles. The molecule has 0 unspecified atom stereocenters. The van der Waals surface area contributed by atoms with Crippen molar-refractivity contribution in [3.05, 3.63) is 35.5 Å². The predicted octanol–water partition coefficient (Wildman–Crippen LogP) is 1.52. The molecule has 0 atom stereocenters. The van der Waals surface area contributed by atoms with Gasteiger partial charge in [0, 0.05) is 12.4 Å². The van der Waals surface area contributed by atoms with Crippen molar-refractivity contribution in [1.82, 2.24) is 4.98 Å². The minimum absolute atomic E-state index is 0.357. The van der Waals surface area contributed by atoms with Crippen molar-refractivity contribution in [1.29, 1.82) is 0 Å². The summed E-state index contributed by atoms with van der Waals surface area (Å²) in [4.78, 5) is 16.9. The number of anilines is 1. The van der Waals surface area contributed by atoms with E-state index in [1.165, 1.54) is 11.8 Å². The highest BCUT2D eigenvalue weighted by Crippen LogP contribution is 2.28. The molecule has 1 aliphatic heterocycles. The van der Waals surface area contributed by atoms with Crippen LogP contribution in [0.5, 0.6) is 0 Å². The molecule has 0 fully saturated rings. The number of carbonyl (C=O) groups is 1. The van der Waals surface area contributed by atoms with Gasteiger partial charge in [-0.05, 0) is 12.1 Å². The molecule has 14 heavy (non-hydrogen) atoms. The lowest BCUT2D eigenvalue weighted by Crippen LogP contribution is -2.11. The van der Waals surface area contributed by atoms with Crippen LogP contribution < -0.4 is 4.90 Å². The largest absolute Gasteiger partial charge is 0.477 e. The number of pyridine rings is 1. The molecule has 5 heteroatoms. The summed E-state index contributed by atoms with van der Waals surface area (Å²) in [7, 11) is 0. The van der Waals surface area contributed by atoms with Gasteiger partial charge in [-0.3, -0.25) is 0 Å². The monoisotopic (exact) mass is 208 g/mol. The Morgan fingerprint density at radius 2 is 2.43 bits per heavy atom. The highest BCUT2D eigenvalue weighted by Gasteiger charge is 2.19. The van der Waals surface area contributed by atoms with E-state index in [4.69, 9.17) is 5.11 Å². The van der Waals surface area contributed by atoms with Gasteiger partial charge in [-0.15, -0.1) is 0 Å². The second kappa shape index (κ2) is 3.71. The average Bonchev–Trinajstić information content (AvgIpc) is 2.68. The van der Waals surface area contributed by atoms with Gasteiger partial charge in [0.1, 0.15) is 10.7 Å². The normalized spacial score (nSPS) is 15.4. The van der Waals surface area contributed by atoms with Crippen LogP contribution in [0.1, 0.15) is 0 Å². The highest BCUT2D eigenvalue weighted by molar-refractivity contribution is 8.04. The maximum absolute atomic E-state index is 10.6. The lowest BCUT2D eigenvalue weighted by molar-refractivity contribution is -0.131. The van der Waals surface area contributed by atoms with E-state index in [1.54, 1.807) is 12.4 Å². The van der Waals surface area contributed by atoms with E-state index in [0.29, 0.717) is 10.8 Å². The van der Waals surface area contributed by atoms with Gasteiger partial charge in [0.05, 0.1) is 5.88 Å². The van der Waals surface area contributed by atoms with E-state index in [0.717, 1.165) is 5.82 Å². The standard InChI is InChI=1S/C9H8N2O2S/c12-9(13)7-5-11(6-14-7)8-3-1-2-4-10-8/h1-5H,6H2,(H,12,13). The molecular formula is C9H8N2O2S. The van der Waals surface area contributed by atoms with E-state index >= 15 is 0 Å². The van der Waals surface area contributed by atoms with Gasteiger partial charge in [0.25, 0.3) is 0 Å². The third-order valence-electron chi connectivity index (χ3n) is 1.79. The fraction of sp³-hybridized carbons (Fsp3) is 0.111. The Morgan fingerprint density at radius 3 is 3.00 bits per heavy atom. The first-order valence-electron chi connectivity index (χ1n) is 4.03. The van der Waals surface area contributed by atoms with Crippen LogP contribution in [-0.4, -0.2) is 21.9 Å². The summed E-state index contributed by atoms with van der Waals surface area (Å²) in [5, 5.41) is 8.74. The summed E-state index contributed by atoms with van der Waals surface area (Å²) in [5.41, 5.74) is 0. The maximum atomic E-state index is 10.6. The summed E-state index contributed by atoms with van der Waals surface area (Å²) in [5.74, 6) is 0.503. The van der Waals surface area contributed by atoms with Crippen LogP contribution in [0, 0.1) is 0 Å². The van der Waals surface area contributed by atoms with Crippen molar-refractivity contribution in [3.63, 3.8) is 0 Å². The van der Waals surface area contributed by atoms with Crippen LogP contribution in [0.25, 0.3) is 0 Å². The summed E-state index contributed by atoms with van der Waals surface area (Å²) < 4.78 is 0. The van der Waals surface area contributed by atoms with Crippen LogP contribution in [0.3, 0.4) is 0 Å². The Bertz CT molecular complexity index is 378. The molecule has 2 rings (SSSR count). The third-order valence-corrected chi connectivity index (χ3v) is 2.78. The summed E-state index contributed by atoms with van der Waals surface area (Å²) in [6.45, 7) is 0. The average molecular weight is 208 g/mol. The molecule has 1 aromatic heterocycles. The number of nitrogens with zero attached hydrogens (tertiary/aromatic N) is 2. The van der Waals surface area contributed by atoms with Crippen molar-refractivity contribution >= 4 is 23.5 Å². The lowest BCUT2D eigenvalue weighted by Gasteiger charge is -2.11. The summed E-state index contributed by atoms with van der Waals surface area (Å²) >= 11 is 1.30. The zero-order valence-electron chi connectivity index (χ0n) is 7.25. The molecule has 0 amide bonds. The number of carboxylic acid groups (broad SMARTS) is 1. The first-order valence-corrected chi connectivity index (χ1v) is 5.01. The van der Waals surface area contributed by atoms with Gasteiger partial charge >= 0.3 is 5.97 Å². The molecule has 0 bridgehead atoms. The number of carboxylic acids is 1. The molecule has 72 valence electrons. The van der Waals surface area contributed by atoms with E-state index in [-0.39, 0.29) is 0 Å². The Morgan fingerprint density at radius 1 is 1.57 bits per heavy atom. The Hall–Kier alpha value is -1.49. The minimum Gasteiger partial charge on any atom is -0.477 e. The van der Waals surface area contributed by atoms with E-state index in [9.17, 15) is 4.79 Å². The maximum Gasteiger partial charge on any atom is 0.343 e. The molecule has 1 N–H and O–H groups in total. The molecule has 0 saturated heterocycles. The van der Waals surface area contributed by atoms with Crippen LogP contribution in [0.15, 0.2) is 35.5 Å². The highest BCUT2D eigenvalue weighted by atomic mass is 32.2. The van der Waals surface area contributed by atoms with E-state index in [1.807, 2.05) is 23.1 Å². The zero-order chi connectivity index (χ0) is 9.97. The van der Waals surface area contributed by atoms with E-state index in [2.05, 4.69) is 4.98 Å². The zero-order valence-corrected chi connectivity index (χ0v) is 8.07. The minimum atomic E-state index is -0.881. The van der Waals surface area contributed by atoms with Crippen molar-refractivity contribution in [2.24, 2.45) is 0 Å². The Labute approximate surface area is 85.3 Å². The van der Waals surface area contributed by atoms with Crippen molar-refractivity contribution < 1.29 is 9.90 Å². The first-order chi connectivity index (χ1) is 6.77. The fourth-order valence-corrected chi connectivity index (χ4v) is 1.94.